The average Bonchev–Trinajstić information content (AvgIpc) is 3.69. The first-order chi connectivity index (χ1) is 21.8. The second-order valence-corrected chi connectivity index (χ2v) is 12.9. The number of amides is 2. The van der Waals surface area contributed by atoms with E-state index in [2.05, 4.69) is 37.5 Å². The highest BCUT2D eigenvalue weighted by molar-refractivity contribution is 5.84. The summed E-state index contributed by atoms with van der Waals surface area (Å²) in [7, 11) is 1.82. The van der Waals surface area contributed by atoms with Gasteiger partial charge in [0, 0.05) is 12.8 Å². The van der Waals surface area contributed by atoms with Crippen molar-refractivity contribution >= 4 is 28.8 Å². The number of nitrogens with one attached hydrogen (secondary N) is 3. The van der Waals surface area contributed by atoms with E-state index in [1.807, 2.05) is 7.05 Å². The van der Waals surface area contributed by atoms with Crippen LogP contribution in [0, 0.1) is 0 Å². The Kier molecular flexibility index (Phi) is 13.5. The van der Waals surface area contributed by atoms with Crippen LogP contribution < -0.4 is 10.6 Å². The van der Waals surface area contributed by atoms with Crippen molar-refractivity contribution in [1.29, 1.82) is 0 Å². The number of likely N-dealkylation sites (tertiary alicyclic amines) is 1. The van der Waals surface area contributed by atoms with Gasteiger partial charge in [0.1, 0.15) is 30.2 Å². The smallest absolute Gasteiger partial charge is 0.314 e. The second kappa shape index (κ2) is 17.3. The molecule has 1 unspecified atom stereocenters. The second-order valence-electron chi connectivity index (χ2n) is 12.9. The first kappa shape index (κ1) is 35.1. The van der Waals surface area contributed by atoms with Crippen molar-refractivity contribution in [2.24, 2.45) is 0 Å². The molecular weight excluding hydrogens is 578 g/mol. The molecule has 4 rings (SSSR count). The van der Waals surface area contributed by atoms with Gasteiger partial charge in [-0.25, -0.2) is 19.7 Å². The van der Waals surface area contributed by atoms with Crippen molar-refractivity contribution in [3.63, 3.8) is 0 Å². The van der Waals surface area contributed by atoms with Gasteiger partial charge >= 0.3 is 5.91 Å². The number of likely N-dealkylation sites (N-methyl/N-ethyl adjacent to an activating group) is 1. The Morgan fingerprint density at radius 1 is 0.978 bits per heavy atom. The van der Waals surface area contributed by atoms with Crippen molar-refractivity contribution in [3.05, 3.63) is 12.7 Å². The minimum absolute atomic E-state index is 0.0258. The summed E-state index contributed by atoms with van der Waals surface area (Å²) in [6.45, 7) is 2.31. The lowest BCUT2D eigenvalue weighted by molar-refractivity contribution is -0.837. The van der Waals surface area contributed by atoms with Crippen LogP contribution in [0.4, 0.5) is 5.82 Å². The normalized spacial score (nSPS) is 28.4. The molecule has 13 heteroatoms. The van der Waals surface area contributed by atoms with Gasteiger partial charge in [-0.15, -0.1) is 0 Å². The molecule has 0 bridgehead atoms. The predicted octanol–water partition coefficient (Wildman–Crippen LogP) is 2.92. The number of anilines is 1. The molecule has 2 amide bonds. The van der Waals surface area contributed by atoms with Gasteiger partial charge in [0.05, 0.1) is 39.0 Å². The fraction of sp³-hybridized carbons (Fsp3) is 0.781. The van der Waals surface area contributed by atoms with Gasteiger partial charge < -0.3 is 35.7 Å². The van der Waals surface area contributed by atoms with E-state index in [4.69, 9.17) is 4.74 Å². The van der Waals surface area contributed by atoms with E-state index in [9.17, 15) is 24.9 Å². The Morgan fingerprint density at radius 3 is 2.31 bits per heavy atom. The highest BCUT2D eigenvalue weighted by Gasteiger charge is 2.51. The van der Waals surface area contributed by atoms with Crippen LogP contribution in [0.15, 0.2) is 12.7 Å². The molecule has 0 aromatic carbocycles. The van der Waals surface area contributed by atoms with Crippen LogP contribution in [-0.2, 0) is 14.3 Å². The molecule has 0 aliphatic carbocycles. The van der Waals surface area contributed by atoms with Crippen LogP contribution in [0.1, 0.15) is 103 Å². The maximum absolute atomic E-state index is 13.6. The van der Waals surface area contributed by atoms with Gasteiger partial charge in [-0.05, 0) is 6.42 Å². The number of unbranched alkanes of at least 4 members (excludes halogenated alkanes) is 11. The van der Waals surface area contributed by atoms with Gasteiger partial charge in [-0.3, -0.25) is 9.28 Å². The predicted molar refractivity (Wildman–Crippen MR) is 170 cm³/mol. The number of aromatic nitrogens is 4. The third kappa shape index (κ3) is 8.97. The lowest BCUT2D eigenvalue weighted by Crippen LogP contribution is -2.68. The van der Waals surface area contributed by atoms with Gasteiger partial charge in [0.25, 0.3) is 5.91 Å². The van der Waals surface area contributed by atoms with E-state index in [1.54, 1.807) is 0 Å². The van der Waals surface area contributed by atoms with E-state index >= 15 is 0 Å². The number of aliphatic hydroxyl groups excluding tert-OH is 3. The SMILES string of the molecule is CCCCCCCCCCCCCCC(=O)[N+]1(C)CCC[C@@H]1C(=O)N[C@@H]1[C@@H](O)[C@H](O)[C@@H](Nc2ncnc3nc[nH]c23)O[C@H]1CO. The molecule has 7 atom stereocenters. The number of hydrogen-bond acceptors (Lipinski definition) is 10. The van der Waals surface area contributed by atoms with Gasteiger partial charge in [-0.1, -0.05) is 77.6 Å². The molecule has 2 aliphatic rings. The van der Waals surface area contributed by atoms with Crippen LogP contribution in [0.3, 0.4) is 0 Å². The van der Waals surface area contributed by atoms with E-state index in [-0.39, 0.29) is 10.4 Å². The zero-order chi connectivity index (χ0) is 32.2. The van der Waals surface area contributed by atoms with Gasteiger partial charge in [0.2, 0.25) is 0 Å². The molecule has 2 aromatic heterocycles. The van der Waals surface area contributed by atoms with Crippen molar-refractivity contribution in [3.8, 4) is 0 Å². The van der Waals surface area contributed by atoms with Crippen molar-refractivity contribution in [2.45, 2.75) is 140 Å². The first-order valence-electron chi connectivity index (χ1n) is 17.0. The molecule has 252 valence electrons. The molecule has 13 nitrogen and oxygen atoms in total. The number of carbonyl (C=O) groups excluding carboxylic acids is 2. The number of rotatable bonds is 18. The maximum atomic E-state index is 13.6. The van der Waals surface area contributed by atoms with Crippen LogP contribution in [-0.4, -0.2) is 108 Å². The number of aliphatic hydroxyl groups is 3. The molecule has 0 spiro atoms. The number of ether oxygens (including phenoxy) is 1. The Labute approximate surface area is 266 Å². The Balaban J connectivity index is 1.23. The molecule has 6 N–H and O–H groups in total. The molecule has 2 aromatic rings. The minimum atomic E-state index is -1.46. The Bertz CT molecular complexity index is 1210. The molecule has 0 radical (unpaired) electrons. The van der Waals surface area contributed by atoms with Gasteiger partial charge in [-0.2, -0.15) is 0 Å². The summed E-state index contributed by atoms with van der Waals surface area (Å²) in [4.78, 5) is 42.2. The quantitative estimate of drug-likeness (QED) is 0.106. The number of fused-ring (bicyclic) bond motifs is 1. The fourth-order valence-electron chi connectivity index (χ4n) is 6.80. The van der Waals surface area contributed by atoms with Crippen LogP contribution in [0.5, 0.6) is 0 Å². The summed E-state index contributed by atoms with van der Waals surface area (Å²) in [6.07, 6.45) is 14.1. The highest BCUT2D eigenvalue weighted by atomic mass is 16.5. The number of aromatic amines is 1. The molecule has 2 saturated heterocycles. The van der Waals surface area contributed by atoms with E-state index in [1.165, 1.54) is 70.4 Å². The minimum Gasteiger partial charge on any atom is -0.394 e. The number of nitrogens with zero attached hydrogens (tertiary/aromatic N) is 4. The van der Waals surface area contributed by atoms with Crippen molar-refractivity contribution in [2.75, 3.05) is 25.5 Å². The summed E-state index contributed by atoms with van der Waals surface area (Å²) < 4.78 is 5.92. The topological polar surface area (TPSA) is 183 Å². The summed E-state index contributed by atoms with van der Waals surface area (Å²) in [5.41, 5.74) is 0.901. The summed E-state index contributed by atoms with van der Waals surface area (Å²) in [5, 5.41) is 37.8. The lowest BCUT2D eigenvalue weighted by Gasteiger charge is -2.43. The summed E-state index contributed by atoms with van der Waals surface area (Å²) >= 11 is 0. The number of quaternary nitrogens is 1. The molecule has 4 heterocycles. The number of hydrogen-bond donors (Lipinski definition) is 6. The fourth-order valence-corrected chi connectivity index (χ4v) is 6.80. The third-order valence-corrected chi connectivity index (χ3v) is 9.65. The summed E-state index contributed by atoms with van der Waals surface area (Å²) in [5.74, 6) is -0.0329. The van der Waals surface area contributed by atoms with E-state index in [0.717, 1.165) is 25.7 Å². The number of carbonyl (C=O) groups is 2. The third-order valence-electron chi connectivity index (χ3n) is 9.65. The van der Waals surface area contributed by atoms with Crippen molar-refractivity contribution < 1.29 is 34.1 Å². The number of H-pyrrole nitrogens is 1. The van der Waals surface area contributed by atoms with E-state index < -0.39 is 49.1 Å². The highest BCUT2D eigenvalue weighted by Crippen LogP contribution is 2.29. The molecule has 2 fully saturated rings. The molecule has 45 heavy (non-hydrogen) atoms. The monoisotopic (exact) mass is 632 g/mol. The lowest BCUT2D eigenvalue weighted by atomic mass is 9.94. The van der Waals surface area contributed by atoms with Crippen LogP contribution >= 0.6 is 0 Å². The Morgan fingerprint density at radius 2 is 1.64 bits per heavy atom. The number of imidazole rings is 1. The van der Waals surface area contributed by atoms with Gasteiger partial charge in [0.15, 0.2) is 23.7 Å². The first-order valence-corrected chi connectivity index (χ1v) is 17.0. The maximum Gasteiger partial charge on any atom is 0.314 e. The van der Waals surface area contributed by atoms with Crippen molar-refractivity contribution in [1.82, 2.24) is 25.3 Å². The standard InChI is InChI=1S/C32H53N7O6/c1-3-4-5-6-7-8-9-10-11-12-13-14-17-24(41)39(2)18-15-16-22(39)31(44)37-25-23(19-40)45-32(28(43)27(25)42)38-30-26-29(34-20-33-26)35-21-36-30/h20-23,25,27-28,32,40,42-43H,3-19H2,1-2H3,(H2-,33,34,35,36,37,38,44)/p+1/t22-,23+,25+,27-,28+,32+,39?/m1/s1. The largest absolute Gasteiger partial charge is 0.394 e. The van der Waals surface area contributed by atoms with Crippen LogP contribution in [0.25, 0.3) is 11.2 Å². The zero-order valence-electron chi connectivity index (χ0n) is 27.0. The molecular formula is C32H54N7O6+. The Hall–Kier alpha value is -2.71. The zero-order valence-corrected chi connectivity index (χ0v) is 27.0. The molecule has 0 saturated carbocycles. The average molecular weight is 633 g/mol. The summed E-state index contributed by atoms with van der Waals surface area (Å²) in [6, 6.07) is -1.68. The van der Waals surface area contributed by atoms with Crippen LogP contribution in [0.2, 0.25) is 0 Å². The molecule has 2 aliphatic heterocycles. The van der Waals surface area contributed by atoms with E-state index in [0.29, 0.717) is 36.4 Å².